The summed E-state index contributed by atoms with van der Waals surface area (Å²) in [6.45, 7) is 8.55. The van der Waals surface area contributed by atoms with Gasteiger partial charge in [-0.05, 0) is 20.8 Å². The molecule has 1 aromatic rings. The van der Waals surface area contributed by atoms with Gasteiger partial charge < -0.3 is 4.74 Å². The summed E-state index contributed by atoms with van der Waals surface area (Å²) in [6.07, 6.45) is 0. The lowest BCUT2D eigenvalue weighted by Gasteiger charge is -2.17. The van der Waals surface area contributed by atoms with Crippen LogP contribution in [-0.4, -0.2) is 24.7 Å². The van der Waals surface area contributed by atoms with E-state index in [1.165, 1.54) is 28.2 Å². The Hall–Kier alpha value is -0.470. The van der Waals surface area contributed by atoms with Crippen molar-refractivity contribution in [3.63, 3.8) is 0 Å². The van der Waals surface area contributed by atoms with Gasteiger partial charge >= 0.3 is 0 Å². The van der Waals surface area contributed by atoms with E-state index in [2.05, 4.69) is 32.9 Å². The standard InChI is InChI=1S/C13H19OS/c1-10-8-11(2)13(12(3)9-10)15-6-4-14-5-7-15/h8-9H,4-7H2,1-3H3/q+1. The SMILES string of the molecule is Cc1cc(C)c([S+]2CCOCC2)c(C)c1. The summed E-state index contributed by atoms with van der Waals surface area (Å²) in [5.74, 6) is 2.43. The second-order valence-electron chi connectivity index (χ2n) is 4.24. The molecule has 15 heavy (non-hydrogen) atoms. The summed E-state index contributed by atoms with van der Waals surface area (Å²) in [5.41, 5.74) is 4.32. The fourth-order valence-corrected chi connectivity index (χ4v) is 4.63. The van der Waals surface area contributed by atoms with Crippen molar-refractivity contribution in [1.82, 2.24) is 0 Å². The molecule has 0 bridgehead atoms. The van der Waals surface area contributed by atoms with E-state index in [9.17, 15) is 0 Å². The van der Waals surface area contributed by atoms with E-state index in [4.69, 9.17) is 4.74 Å². The molecule has 1 nitrogen and oxygen atoms in total. The minimum atomic E-state index is 0.436. The van der Waals surface area contributed by atoms with E-state index in [1.807, 2.05) is 0 Å². The molecular formula is C13H19OS+. The highest BCUT2D eigenvalue weighted by molar-refractivity contribution is 7.97. The Bertz CT molecular complexity index is 331. The van der Waals surface area contributed by atoms with Crippen molar-refractivity contribution < 1.29 is 4.74 Å². The van der Waals surface area contributed by atoms with Crippen molar-refractivity contribution in [2.45, 2.75) is 25.7 Å². The molecule has 1 aromatic carbocycles. The fourth-order valence-electron chi connectivity index (χ4n) is 2.35. The first-order chi connectivity index (χ1) is 7.18. The highest BCUT2D eigenvalue weighted by Gasteiger charge is 2.28. The molecule has 2 rings (SSSR count). The lowest BCUT2D eigenvalue weighted by atomic mass is 10.1. The first kappa shape index (κ1) is 11.0. The van der Waals surface area contributed by atoms with Crippen LogP contribution in [0.15, 0.2) is 17.0 Å². The van der Waals surface area contributed by atoms with Crippen molar-refractivity contribution >= 4 is 10.9 Å². The van der Waals surface area contributed by atoms with Crippen LogP contribution in [0.25, 0.3) is 0 Å². The summed E-state index contributed by atoms with van der Waals surface area (Å²) in [5, 5.41) is 0. The van der Waals surface area contributed by atoms with Crippen LogP contribution in [0.2, 0.25) is 0 Å². The molecule has 0 spiro atoms. The van der Waals surface area contributed by atoms with Crippen LogP contribution >= 0.6 is 0 Å². The van der Waals surface area contributed by atoms with Crippen LogP contribution in [0, 0.1) is 20.8 Å². The topological polar surface area (TPSA) is 9.23 Å². The first-order valence-electron chi connectivity index (χ1n) is 5.51. The van der Waals surface area contributed by atoms with Gasteiger partial charge in [0.15, 0.2) is 4.90 Å². The van der Waals surface area contributed by atoms with Gasteiger partial charge in [0, 0.05) is 22.0 Å². The molecule has 0 N–H and O–H groups in total. The van der Waals surface area contributed by atoms with Gasteiger partial charge in [0.05, 0.1) is 13.2 Å². The Morgan fingerprint density at radius 3 is 2.07 bits per heavy atom. The van der Waals surface area contributed by atoms with Gasteiger partial charge in [0.1, 0.15) is 11.5 Å². The van der Waals surface area contributed by atoms with E-state index in [-0.39, 0.29) is 0 Å². The van der Waals surface area contributed by atoms with Gasteiger partial charge in [-0.25, -0.2) is 0 Å². The highest BCUT2D eigenvalue weighted by Crippen LogP contribution is 2.25. The molecule has 0 aromatic heterocycles. The molecule has 1 saturated heterocycles. The molecular weight excluding hydrogens is 204 g/mol. The first-order valence-corrected chi connectivity index (χ1v) is 7.08. The number of aryl methyl sites for hydroxylation is 3. The minimum absolute atomic E-state index is 0.436. The average molecular weight is 223 g/mol. The Labute approximate surface area is 95.2 Å². The molecule has 2 heteroatoms. The third-order valence-electron chi connectivity index (χ3n) is 2.84. The highest BCUT2D eigenvalue weighted by atomic mass is 32.2. The number of hydrogen-bond donors (Lipinski definition) is 0. The number of hydrogen-bond acceptors (Lipinski definition) is 1. The zero-order chi connectivity index (χ0) is 10.8. The molecule has 1 fully saturated rings. The maximum absolute atomic E-state index is 5.43. The van der Waals surface area contributed by atoms with Crippen LogP contribution in [-0.2, 0) is 15.6 Å². The van der Waals surface area contributed by atoms with Gasteiger partial charge in [-0.2, -0.15) is 0 Å². The van der Waals surface area contributed by atoms with Crippen molar-refractivity contribution in [2.75, 3.05) is 24.7 Å². The quantitative estimate of drug-likeness (QED) is 0.665. The lowest BCUT2D eigenvalue weighted by Crippen LogP contribution is -2.27. The van der Waals surface area contributed by atoms with Gasteiger partial charge in [-0.1, -0.05) is 17.7 Å². The molecule has 82 valence electrons. The molecule has 0 radical (unpaired) electrons. The summed E-state index contributed by atoms with van der Waals surface area (Å²) >= 11 is 0. The second-order valence-corrected chi connectivity index (χ2v) is 6.45. The number of rotatable bonds is 1. The third kappa shape index (κ3) is 2.37. The van der Waals surface area contributed by atoms with Crippen LogP contribution in [0.1, 0.15) is 16.7 Å². The second kappa shape index (κ2) is 4.58. The largest absolute Gasteiger partial charge is 0.372 e. The Morgan fingerprint density at radius 1 is 1.00 bits per heavy atom. The zero-order valence-electron chi connectivity index (χ0n) is 9.80. The molecule has 0 saturated carbocycles. The van der Waals surface area contributed by atoms with E-state index in [1.54, 1.807) is 4.90 Å². The van der Waals surface area contributed by atoms with E-state index in [0.717, 1.165) is 13.2 Å². The summed E-state index contributed by atoms with van der Waals surface area (Å²) < 4.78 is 5.43. The maximum Gasteiger partial charge on any atom is 0.160 e. The Balaban J connectivity index is 2.33. The van der Waals surface area contributed by atoms with Gasteiger partial charge in [-0.3, -0.25) is 0 Å². The average Bonchev–Trinajstić information content (AvgIpc) is 2.17. The minimum Gasteiger partial charge on any atom is -0.372 e. The fraction of sp³-hybridized carbons (Fsp3) is 0.538. The van der Waals surface area contributed by atoms with Crippen molar-refractivity contribution in [3.8, 4) is 0 Å². The smallest absolute Gasteiger partial charge is 0.160 e. The normalized spacial score (nSPS) is 18.1. The van der Waals surface area contributed by atoms with Crippen LogP contribution < -0.4 is 0 Å². The molecule has 1 aliphatic heterocycles. The van der Waals surface area contributed by atoms with E-state index in [0.29, 0.717) is 10.9 Å². The van der Waals surface area contributed by atoms with Crippen LogP contribution in [0.3, 0.4) is 0 Å². The van der Waals surface area contributed by atoms with Crippen LogP contribution in [0.4, 0.5) is 0 Å². The third-order valence-corrected chi connectivity index (χ3v) is 5.38. The Kier molecular flexibility index (Phi) is 3.37. The molecule has 0 aliphatic carbocycles. The summed E-state index contributed by atoms with van der Waals surface area (Å²) in [4.78, 5) is 1.60. The maximum atomic E-state index is 5.43. The molecule has 1 heterocycles. The monoisotopic (exact) mass is 223 g/mol. The summed E-state index contributed by atoms with van der Waals surface area (Å²) in [7, 11) is 0.436. The molecule has 0 atom stereocenters. The summed E-state index contributed by atoms with van der Waals surface area (Å²) in [6, 6.07) is 4.62. The zero-order valence-corrected chi connectivity index (χ0v) is 10.6. The van der Waals surface area contributed by atoms with E-state index >= 15 is 0 Å². The lowest BCUT2D eigenvalue weighted by molar-refractivity contribution is 0.159. The van der Waals surface area contributed by atoms with Crippen molar-refractivity contribution in [2.24, 2.45) is 0 Å². The number of benzene rings is 1. The predicted molar refractivity (Wildman–Crippen MR) is 66.8 cm³/mol. The van der Waals surface area contributed by atoms with Gasteiger partial charge in [0.2, 0.25) is 0 Å². The van der Waals surface area contributed by atoms with Crippen molar-refractivity contribution in [3.05, 3.63) is 28.8 Å². The molecule has 0 amide bonds. The van der Waals surface area contributed by atoms with Crippen molar-refractivity contribution in [1.29, 1.82) is 0 Å². The van der Waals surface area contributed by atoms with Gasteiger partial charge in [0.25, 0.3) is 0 Å². The Morgan fingerprint density at radius 2 is 1.53 bits per heavy atom. The number of ether oxygens (including phenoxy) is 1. The van der Waals surface area contributed by atoms with Gasteiger partial charge in [-0.15, -0.1) is 0 Å². The predicted octanol–water partition coefficient (Wildman–Crippen LogP) is 2.62. The van der Waals surface area contributed by atoms with Crippen LogP contribution in [0.5, 0.6) is 0 Å². The molecule has 0 unspecified atom stereocenters. The van der Waals surface area contributed by atoms with E-state index < -0.39 is 0 Å². The molecule has 1 aliphatic rings.